The zero-order valence-electron chi connectivity index (χ0n) is 42.3. The van der Waals surface area contributed by atoms with Crippen molar-refractivity contribution in [1.82, 2.24) is 0 Å². The summed E-state index contributed by atoms with van der Waals surface area (Å²) < 4.78 is 16.7. The van der Waals surface area contributed by atoms with Crippen molar-refractivity contribution in [3.8, 4) is 0 Å². The van der Waals surface area contributed by atoms with Crippen LogP contribution in [-0.4, -0.2) is 37.2 Å². The summed E-state index contributed by atoms with van der Waals surface area (Å²) in [5.74, 6) is -1.08. The normalized spacial score (nSPS) is 13.4. The summed E-state index contributed by atoms with van der Waals surface area (Å²) in [7, 11) is 0. The van der Waals surface area contributed by atoms with Gasteiger partial charge in [-0.15, -0.1) is 0 Å². The molecule has 0 aromatic rings. The molecule has 0 N–H and O–H groups in total. The van der Waals surface area contributed by atoms with Crippen molar-refractivity contribution >= 4 is 17.9 Å². The molecule has 372 valence electrons. The average molecular weight is 921 g/mol. The van der Waals surface area contributed by atoms with E-state index in [9.17, 15) is 14.4 Å². The van der Waals surface area contributed by atoms with Gasteiger partial charge in [-0.3, -0.25) is 14.4 Å². The highest BCUT2D eigenvalue weighted by atomic mass is 16.6. The van der Waals surface area contributed by atoms with Crippen LogP contribution in [0.25, 0.3) is 0 Å². The third kappa shape index (κ3) is 51.9. The maximum atomic E-state index is 12.8. The lowest BCUT2D eigenvalue weighted by Gasteiger charge is -2.18. The summed E-state index contributed by atoms with van der Waals surface area (Å²) >= 11 is 0. The topological polar surface area (TPSA) is 78.9 Å². The Labute approximate surface area is 409 Å². The number of rotatable bonds is 44. The Bertz CT molecular complexity index is 1570. The number of allylic oxidation sites excluding steroid dienone is 26. The fourth-order valence-electron chi connectivity index (χ4n) is 6.23. The minimum absolute atomic E-state index is 0.135. The van der Waals surface area contributed by atoms with Gasteiger partial charge < -0.3 is 14.2 Å². The van der Waals surface area contributed by atoms with Crippen LogP contribution in [0.4, 0.5) is 0 Å². The zero-order chi connectivity index (χ0) is 48.6. The lowest BCUT2D eigenvalue weighted by molar-refractivity contribution is -0.167. The summed E-state index contributed by atoms with van der Waals surface area (Å²) in [5.41, 5.74) is 0. The summed E-state index contributed by atoms with van der Waals surface area (Å²) in [6.45, 7) is 6.16. The number of hydrogen-bond donors (Lipinski definition) is 0. The minimum atomic E-state index is -0.846. The van der Waals surface area contributed by atoms with E-state index in [2.05, 4.69) is 179 Å². The van der Waals surface area contributed by atoms with E-state index in [0.717, 1.165) is 135 Å². The second kappa shape index (κ2) is 53.6. The van der Waals surface area contributed by atoms with Gasteiger partial charge in [0.2, 0.25) is 0 Å². The molecule has 1 atom stereocenters. The van der Waals surface area contributed by atoms with Gasteiger partial charge in [-0.05, 0) is 128 Å². The second-order valence-corrected chi connectivity index (χ2v) is 16.3. The molecule has 67 heavy (non-hydrogen) atoms. The standard InChI is InChI=1S/C61H92O6/c1-4-7-10-13-16-19-22-25-28-30-33-36-39-42-45-48-51-54-60(63)66-57-58(56-65-59(62)53-50-47-44-41-38-35-32-27-24-21-18-15-12-9-6-3)67-61(64)55-52-49-46-43-40-37-34-31-29-26-23-20-17-14-11-8-5-2/h7-12,16-21,25-29,32-34,36-37,42-43,45-46,58H,4-6,13-15,22-24,30-31,35,38-41,44,47-57H2,1-3H3/b10-7-,11-8-,12-9-,19-16-,20-17-,21-18-,28-25-,29-26-,32-27-,36-33-,37-34-,45-42-,46-43-/t58-/m0/s1. The van der Waals surface area contributed by atoms with Crippen LogP contribution in [0.5, 0.6) is 0 Å². The van der Waals surface area contributed by atoms with E-state index in [0.29, 0.717) is 19.3 Å². The number of unbranched alkanes of at least 4 members (excludes halogenated alkanes) is 7. The largest absolute Gasteiger partial charge is 0.462 e. The number of ether oxygens (including phenoxy) is 3. The number of carbonyl (C=O) groups excluding carboxylic acids is 3. The van der Waals surface area contributed by atoms with Crippen LogP contribution in [0.2, 0.25) is 0 Å². The van der Waals surface area contributed by atoms with Crippen molar-refractivity contribution in [3.05, 3.63) is 158 Å². The van der Waals surface area contributed by atoms with E-state index in [-0.39, 0.29) is 38.0 Å². The molecule has 0 aliphatic heterocycles. The van der Waals surface area contributed by atoms with Crippen molar-refractivity contribution < 1.29 is 28.6 Å². The molecular formula is C61H92O6. The van der Waals surface area contributed by atoms with Crippen molar-refractivity contribution in [2.45, 2.75) is 194 Å². The first-order chi connectivity index (χ1) is 33.0. The first kappa shape index (κ1) is 62.0. The maximum absolute atomic E-state index is 12.8. The molecular weight excluding hydrogens is 829 g/mol. The molecule has 0 amide bonds. The van der Waals surface area contributed by atoms with Gasteiger partial charge in [0.25, 0.3) is 0 Å². The smallest absolute Gasteiger partial charge is 0.306 e. The number of esters is 3. The van der Waals surface area contributed by atoms with Crippen LogP contribution in [0.15, 0.2) is 158 Å². The number of carbonyl (C=O) groups is 3. The third-order valence-electron chi connectivity index (χ3n) is 10.0. The molecule has 0 unspecified atom stereocenters. The average Bonchev–Trinajstić information content (AvgIpc) is 3.33. The van der Waals surface area contributed by atoms with Gasteiger partial charge in [0, 0.05) is 19.3 Å². The van der Waals surface area contributed by atoms with E-state index in [1.165, 1.54) is 0 Å². The second-order valence-electron chi connectivity index (χ2n) is 16.3. The molecule has 0 saturated heterocycles. The van der Waals surface area contributed by atoms with Crippen LogP contribution in [0.3, 0.4) is 0 Å². The highest BCUT2D eigenvalue weighted by molar-refractivity contribution is 5.71. The molecule has 0 bridgehead atoms. The van der Waals surface area contributed by atoms with Gasteiger partial charge in [0.1, 0.15) is 13.2 Å². The molecule has 6 nitrogen and oxygen atoms in total. The van der Waals surface area contributed by atoms with Crippen LogP contribution in [-0.2, 0) is 28.6 Å². The summed E-state index contributed by atoms with van der Waals surface area (Å²) in [6.07, 6.45) is 78.1. The van der Waals surface area contributed by atoms with Gasteiger partial charge in [-0.1, -0.05) is 198 Å². The molecule has 6 heteroatoms. The summed E-state index contributed by atoms with van der Waals surface area (Å²) in [4.78, 5) is 38.0. The first-order valence-corrected chi connectivity index (χ1v) is 26.0. The number of hydrogen-bond acceptors (Lipinski definition) is 6. The quantitative estimate of drug-likeness (QED) is 0.0262. The van der Waals surface area contributed by atoms with Gasteiger partial charge in [-0.2, -0.15) is 0 Å². The Morgan fingerprint density at radius 3 is 0.896 bits per heavy atom. The molecule has 0 fully saturated rings. The summed E-state index contributed by atoms with van der Waals surface area (Å²) in [6, 6.07) is 0. The lowest BCUT2D eigenvalue weighted by atomic mass is 10.1. The van der Waals surface area contributed by atoms with Crippen molar-refractivity contribution in [3.63, 3.8) is 0 Å². The Morgan fingerprint density at radius 2 is 0.552 bits per heavy atom. The molecule has 0 spiro atoms. The fourth-order valence-corrected chi connectivity index (χ4v) is 6.23. The van der Waals surface area contributed by atoms with E-state index >= 15 is 0 Å². The molecule has 0 aliphatic rings. The van der Waals surface area contributed by atoms with Crippen molar-refractivity contribution in [2.24, 2.45) is 0 Å². The predicted molar refractivity (Wildman–Crippen MR) is 288 cm³/mol. The molecule has 0 aliphatic carbocycles. The minimum Gasteiger partial charge on any atom is -0.462 e. The molecule has 0 saturated carbocycles. The van der Waals surface area contributed by atoms with E-state index in [1.807, 2.05) is 0 Å². The molecule has 0 radical (unpaired) electrons. The Balaban J connectivity index is 4.64. The van der Waals surface area contributed by atoms with E-state index in [4.69, 9.17) is 14.2 Å². The fraction of sp³-hybridized carbons (Fsp3) is 0.525. The van der Waals surface area contributed by atoms with E-state index in [1.54, 1.807) is 0 Å². The van der Waals surface area contributed by atoms with E-state index < -0.39 is 12.1 Å². The molecule has 0 rings (SSSR count). The van der Waals surface area contributed by atoms with Gasteiger partial charge in [0.15, 0.2) is 6.10 Å². The molecule has 0 aromatic heterocycles. The third-order valence-corrected chi connectivity index (χ3v) is 10.0. The van der Waals surface area contributed by atoms with Crippen LogP contribution < -0.4 is 0 Å². The maximum Gasteiger partial charge on any atom is 0.306 e. The molecule has 0 heterocycles. The highest BCUT2D eigenvalue weighted by Crippen LogP contribution is 2.11. The zero-order valence-corrected chi connectivity index (χ0v) is 42.3. The van der Waals surface area contributed by atoms with Crippen molar-refractivity contribution in [2.75, 3.05) is 13.2 Å². The SMILES string of the molecule is CC/C=C\C/C=C\C/C=C\C/C=C\C/C=C\CCCC(=O)OC[C@H](COC(=O)CCCCCCC/C=C\C/C=C\C/C=C\CC)OC(=O)CCC/C=C\C/C=C\C/C=C\C/C=C\C/C=C\CC. The summed E-state index contributed by atoms with van der Waals surface area (Å²) in [5, 5.41) is 0. The Kier molecular flexibility index (Phi) is 49.7. The monoisotopic (exact) mass is 921 g/mol. The van der Waals surface area contributed by atoms with Crippen LogP contribution >= 0.6 is 0 Å². The first-order valence-electron chi connectivity index (χ1n) is 26.0. The van der Waals surface area contributed by atoms with Gasteiger partial charge in [-0.25, -0.2) is 0 Å². The van der Waals surface area contributed by atoms with Gasteiger partial charge >= 0.3 is 17.9 Å². The van der Waals surface area contributed by atoms with Crippen LogP contribution in [0, 0.1) is 0 Å². The van der Waals surface area contributed by atoms with Gasteiger partial charge in [0.05, 0.1) is 0 Å². The predicted octanol–water partition coefficient (Wildman–Crippen LogP) is 17.4. The Hall–Kier alpha value is -4.97. The van der Waals surface area contributed by atoms with Crippen molar-refractivity contribution in [1.29, 1.82) is 0 Å². The lowest BCUT2D eigenvalue weighted by Crippen LogP contribution is -2.30. The highest BCUT2D eigenvalue weighted by Gasteiger charge is 2.19. The molecule has 0 aromatic carbocycles. The Morgan fingerprint density at radius 1 is 0.299 bits per heavy atom. The van der Waals surface area contributed by atoms with Crippen LogP contribution in [0.1, 0.15) is 188 Å².